The Morgan fingerprint density at radius 1 is 1.50 bits per heavy atom. The number of alkyl halides is 2. The van der Waals surface area contributed by atoms with Gasteiger partial charge in [-0.2, -0.15) is 0 Å². The van der Waals surface area contributed by atoms with Gasteiger partial charge in [-0.05, 0) is 15.9 Å². The summed E-state index contributed by atoms with van der Waals surface area (Å²) in [5.74, 6) is -1.88. The summed E-state index contributed by atoms with van der Waals surface area (Å²) in [6.07, 6.45) is -2.23. The van der Waals surface area contributed by atoms with Crippen molar-refractivity contribution in [1.29, 1.82) is 0 Å². The number of pyridine rings is 1. The molecule has 0 spiro atoms. The Morgan fingerprint density at radius 3 is 2.58 bits per heavy atom. The molecule has 66 valence electrons. The lowest BCUT2D eigenvalue weighted by atomic mass is 10.3. The van der Waals surface area contributed by atoms with Crippen LogP contribution in [0.15, 0.2) is 10.7 Å². The van der Waals surface area contributed by atoms with Crippen LogP contribution in [0.3, 0.4) is 0 Å². The molecule has 12 heavy (non-hydrogen) atoms. The van der Waals surface area contributed by atoms with Crippen LogP contribution in [0.4, 0.5) is 13.2 Å². The molecule has 0 saturated carbocycles. The van der Waals surface area contributed by atoms with E-state index < -0.39 is 28.2 Å². The lowest BCUT2D eigenvalue weighted by Crippen LogP contribution is -1.94. The van der Waals surface area contributed by atoms with E-state index in [1.54, 1.807) is 0 Å². The number of nitrogens with zero attached hydrogens (tertiary/aromatic N) is 1. The SMILES string of the molecule is Oc1cnc(C(F)F)c(Br)c1F. The summed E-state index contributed by atoms with van der Waals surface area (Å²) in [7, 11) is 0. The summed E-state index contributed by atoms with van der Waals surface area (Å²) in [4.78, 5) is 3.15. The van der Waals surface area contributed by atoms with Crippen LogP contribution in [0, 0.1) is 5.82 Å². The monoisotopic (exact) mass is 241 g/mol. The van der Waals surface area contributed by atoms with Crippen LogP contribution in [0.2, 0.25) is 0 Å². The number of aromatic nitrogens is 1. The lowest BCUT2D eigenvalue weighted by molar-refractivity contribution is 0.144. The number of hydrogen-bond acceptors (Lipinski definition) is 2. The van der Waals surface area contributed by atoms with Gasteiger partial charge >= 0.3 is 0 Å². The van der Waals surface area contributed by atoms with E-state index in [9.17, 15) is 13.2 Å². The second-order valence-corrected chi connectivity index (χ2v) is 2.75. The van der Waals surface area contributed by atoms with E-state index in [2.05, 4.69) is 20.9 Å². The first-order valence-corrected chi connectivity index (χ1v) is 3.64. The fourth-order valence-corrected chi connectivity index (χ4v) is 1.10. The summed E-state index contributed by atoms with van der Waals surface area (Å²) in [6.45, 7) is 0. The van der Waals surface area contributed by atoms with Gasteiger partial charge in [0, 0.05) is 0 Å². The van der Waals surface area contributed by atoms with Gasteiger partial charge in [-0.1, -0.05) is 0 Å². The molecule has 1 N–H and O–H groups in total. The van der Waals surface area contributed by atoms with Crippen molar-refractivity contribution in [2.75, 3.05) is 0 Å². The zero-order valence-electron chi connectivity index (χ0n) is 5.56. The van der Waals surface area contributed by atoms with E-state index >= 15 is 0 Å². The second kappa shape index (κ2) is 3.30. The molecule has 0 aliphatic heterocycles. The fraction of sp³-hybridized carbons (Fsp3) is 0.167. The standard InChI is InChI=1S/C6H3BrF3NO/c7-3-4(8)2(12)1-11-5(3)6(9)10/h1,6,12H. The molecule has 1 aromatic rings. The summed E-state index contributed by atoms with van der Waals surface area (Å²) in [6, 6.07) is 0. The second-order valence-electron chi connectivity index (χ2n) is 1.96. The van der Waals surface area contributed by atoms with E-state index in [4.69, 9.17) is 5.11 Å². The van der Waals surface area contributed by atoms with Gasteiger partial charge < -0.3 is 5.11 Å². The Balaban J connectivity index is 3.27. The van der Waals surface area contributed by atoms with Gasteiger partial charge in [0.2, 0.25) is 0 Å². The maximum atomic E-state index is 12.7. The number of aromatic hydroxyl groups is 1. The highest BCUT2D eigenvalue weighted by atomic mass is 79.9. The topological polar surface area (TPSA) is 33.1 Å². The zero-order chi connectivity index (χ0) is 9.30. The van der Waals surface area contributed by atoms with Crippen LogP contribution in [-0.2, 0) is 0 Å². The summed E-state index contributed by atoms with van der Waals surface area (Å²) in [5, 5.41) is 8.69. The number of rotatable bonds is 1. The van der Waals surface area contributed by atoms with Gasteiger partial charge in [-0.15, -0.1) is 0 Å². The first kappa shape index (κ1) is 9.31. The van der Waals surface area contributed by atoms with Crippen molar-refractivity contribution >= 4 is 15.9 Å². The predicted octanol–water partition coefficient (Wildman–Crippen LogP) is 2.63. The van der Waals surface area contributed by atoms with Gasteiger partial charge in [-0.25, -0.2) is 18.2 Å². The predicted molar refractivity (Wildman–Crippen MR) is 38.5 cm³/mol. The lowest BCUT2D eigenvalue weighted by Gasteiger charge is -2.03. The van der Waals surface area contributed by atoms with Crippen LogP contribution in [-0.4, -0.2) is 10.1 Å². The highest BCUT2D eigenvalue weighted by molar-refractivity contribution is 9.10. The van der Waals surface area contributed by atoms with Crippen LogP contribution in [0.5, 0.6) is 5.75 Å². The average Bonchev–Trinajstić information content (AvgIpc) is 2.00. The Morgan fingerprint density at radius 2 is 2.08 bits per heavy atom. The normalized spacial score (nSPS) is 10.8. The minimum absolute atomic E-state index is 0.502. The third kappa shape index (κ3) is 1.52. The van der Waals surface area contributed by atoms with Gasteiger partial charge in [0.15, 0.2) is 11.6 Å². The highest BCUT2D eigenvalue weighted by Gasteiger charge is 2.18. The third-order valence-electron chi connectivity index (χ3n) is 1.18. The maximum absolute atomic E-state index is 12.7. The Labute approximate surface area is 74.2 Å². The molecule has 0 aromatic carbocycles. The van der Waals surface area contributed by atoms with Crippen LogP contribution < -0.4 is 0 Å². The van der Waals surface area contributed by atoms with E-state index in [1.165, 1.54) is 0 Å². The van der Waals surface area contributed by atoms with E-state index in [1.807, 2.05) is 0 Å². The van der Waals surface area contributed by atoms with Crippen molar-refractivity contribution in [2.45, 2.75) is 6.43 Å². The number of halogens is 4. The first-order chi connectivity index (χ1) is 5.54. The van der Waals surface area contributed by atoms with E-state index in [-0.39, 0.29) is 0 Å². The first-order valence-electron chi connectivity index (χ1n) is 2.85. The van der Waals surface area contributed by atoms with Gasteiger partial charge in [0.1, 0.15) is 5.69 Å². The van der Waals surface area contributed by atoms with E-state index in [0.29, 0.717) is 6.20 Å². The van der Waals surface area contributed by atoms with Gasteiger partial charge in [0.05, 0.1) is 10.7 Å². The molecule has 0 bridgehead atoms. The molecule has 0 saturated heterocycles. The van der Waals surface area contributed by atoms with Crippen LogP contribution >= 0.6 is 15.9 Å². The summed E-state index contributed by atoms with van der Waals surface area (Å²) >= 11 is 2.55. The van der Waals surface area contributed by atoms with Gasteiger partial charge in [-0.3, -0.25) is 0 Å². The molecule has 0 fully saturated rings. The Hall–Kier alpha value is -0.780. The van der Waals surface area contributed by atoms with Crippen molar-refractivity contribution in [3.8, 4) is 5.75 Å². The summed E-state index contributed by atoms with van der Waals surface area (Å²) < 4.78 is 36.2. The average molecular weight is 242 g/mol. The maximum Gasteiger partial charge on any atom is 0.281 e. The molecular weight excluding hydrogens is 239 g/mol. The van der Waals surface area contributed by atoms with Crippen molar-refractivity contribution in [2.24, 2.45) is 0 Å². The summed E-state index contributed by atoms with van der Waals surface area (Å²) in [5.41, 5.74) is -0.717. The zero-order valence-corrected chi connectivity index (χ0v) is 7.15. The molecule has 1 aromatic heterocycles. The fourth-order valence-electron chi connectivity index (χ4n) is 0.621. The Kier molecular flexibility index (Phi) is 2.56. The van der Waals surface area contributed by atoms with Crippen molar-refractivity contribution in [3.63, 3.8) is 0 Å². The minimum Gasteiger partial charge on any atom is -0.504 e. The highest BCUT2D eigenvalue weighted by Crippen LogP contribution is 2.31. The Bertz CT molecular complexity index is 305. The van der Waals surface area contributed by atoms with Crippen molar-refractivity contribution in [1.82, 2.24) is 4.98 Å². The largest absolute Gasteiger partial charge is 0.504 e. The third-order valence-corrected chi connectivity index (χ3v) is 1.93. The molecule has 6 heteroatoms. The molecular formula is C6H3BrF3NO. The number of hydrogen-bond donors (Lipinski definition) is 1. The molecule has 0 atom stereocenters. The van der Waals surface area contributed by atoms with Crippen LogP contribution in [0.1, 0.15) is 12.1 Å². The van der Waals surface area contributed by atoms with Crippen molar-refractivity contribution < 1.29 is 18.3 Å². The van der Waals surface area contributed by atoms with Crippen molar-refractivity contribution in [3.05, 3.63) is 22.2 Å². The molecule has 2 nitrogen and oxygen atoms in total. The smallest absolute Gasteiger partial charge is 0.281 e. The minimum atomic E-state index is -2.87. The van der Waals surface area contributed by atoms with Gasteiger partial charge in [0.25, 0.3) is 6.43 Å². The molecule has 1 heterocycles. The molecule has 0 amide bonds. The molecule has 0 unspecified atom stereocenters. The molecule has 1 rings (SSSR count). The van der Waals surface area contributed by atoms with E-state index in [0.717, 1.165) is 0 Å². The van der Waals surface area contributed by atoms with Crippen LogP contribution in [0.25, 0.3) is 0 Å². The molecule has 0 aliphatic rings. The quantitative estimate of drug-likeness (QED) is 0.820. The molecule has 0 aliphatic carbocycles. The molecule has 0 radical (unpaired) electrons.